The Bertz CT molecular complexity index is 1340. The van der Waals surface area contributed by atoms with Crippen LogP contribution in [-0.4, -0.2) is 41.9 Å². The molecule has 3 heterocycles. The first kappa shape index (κ1) is 23.3. The van der Waals surface area contributed by atoms with Crippen LogP contribution in [0.3, 0.4) is 0 Å². The van der Waals surface area contributed by atoms with Crippen LogP contribution in [0.4, 0.5) is 5.82 Å². The van der Waals surface area contributed by atoms with Crippen molar-refractivity contribution in [3.63, 3.8) is 0 Å². The summed E-state index contributed by atoms with van der Waals surface area (Å²) in [5.74, 6) is -0.223. The maximum Gasteiger partial charge on any atom is 0.292 e. The first-order valence-corrected chi connectivity index (χ1v) is 12.2. The van der Waals surface area contributed by atoms with Crippen LogP contribution in [0.1, 0.15) is 48.2 Å². The maximum absolute atomic E-state index is 14.2. The van der Waals surface area contributed by atoms with Crippen LogP contribution in [0, 0.1) is 5.92 Å². The summed E-state index contributed by atoms with van der Waals surface area (Å²) in [6, 6.07) is 10.6. The number of para-hydroxylation sites is 1. The number of pyridine rings is 1. The molecule has 3 aromatic rings. The lowest BCUT2D eigenvalue weighted by Gasteiger charge is -2.30. The van der Waals surface area contributed by atoms with Crippen molar-refractivity contribution >= 4 is 46.3 Å². The first-order valence-electron chi connectivity index (χ1n) is 11.8. The average Bonchev–Trinajstić information content (AvgIpc) is 3.49. The van der Waals surface area contributed by atoms with Crippen molar-refractivity contribution in [3.8, 4) is 0 Å². The second-order valence-electron chi connectivity index (χ2n) is 9.31. The molecule has 1 saturated carbocycles. The fourth-order valence-electron chi connectivity index (χ4n) is 4.98. The van der Waals surface area contributed by atoms with Gasteiger partial charge in [-0.15, -0.1) is 0 Å². The first-order chi connectivity index (χ1) is 16.9. The van der Waals surface area contributed by atoms with Gasteiger partial charge in [0.25, 0.3) is 5.91 Å². The Balaban J connectivity index is 1.67. The molecule has 1 aromatic carbocycles. The third-order valence-electron chi connectivity index (χ3n) is 6.78. The number of rotatable bonds is 6. The highest BCUT2D eigenvalue weighted by molar-refractivity contribution is 6.30. The zero-order valence-corrected chi connectivity index (χ0v) is 20.5. The fraction of sp³-hybridized carbons (Fsp3) is 0.333. The molecular weight excluding hydrogens is 464 g/mol. The van der Waals surface area contributed by atoms with Gasteiger partial charge in [-0.05, 0) is 37.1 Å². The Labute approximate surface area is 208 Å². The number of ketones is 1. The summed E-state index contributed by atoms with van der Waals surface area (Å²) in [5, 5.41) is 3.94. The lowest BCUT2D eigenvalue weighted by molar-refractivity contribution is -0.127. The highest BCUT2D eigenvalue weighted by atomic mass is 35.5. The number of aromatic nitrogens is 1. The molecule has 1 fully saturated rings. The summed E-state index contributed by atoms with van der Waals surface area (Å²) in [6.45, 7) is 0. The normalized spacial score (nSPS) is 20.1. The third-order valence-corrected chi connectivity index (χ3v) is 7.00. The largest absolute Gasteiger partial charge is 0.450 e. The van der Waals surface area contributed by atoms with Crippen molar-refractivity contribution in [2.45, 2.75) is 37.6 Å². The lowest BCUT2D eigenvalue weighted by Crippen LogP contribution is -2.38. The number of hydrogen-bond acceptors (Lipinski definition) is 6. The van der Waals surface area contributed by atoms with Crippen molar-refractivity contribution in [2.75, 3.05) is 19.4 Å². The quantitative estimate of drug-likeness (QED) is 0.485. The monoisotopic (exact) mass is 490 g/mol. The van der Waals surface area contributed by atoms with Crippen molar-refractivity contribution in [3.05, 3.63) is 70.7 Å². The van der Waals surface area contributed by atoms with Gasteiger partial charge in [-0.25, -0.2) is 4.98 Å². The molecule has 8 heteroatoms. The lowest BCUT2D eigenvalue weighted by atomic mass is 9.74. The van der Waals surface area contributed by atoms with Crippen LogP contribution in [0.5, 0.6) is 0 Å². The van der Waals surface area contributed by atoms with Gasteiger partial charge >= 0.3 is 0 Å². The number of anilines is 1. The van der Waals surface area contributed by atoms with E-state index in [0.29, 0.717) is 27.4 Å². The molecule has 2 aliphatic rings. The highest BCUT2D eigenvalue weighted by Crippen LogP contribution is 2.45. The zero-order chi connectivity index (χ0) is 24.6. The maximum atomic E-state index is 14.2. The summed E-state index contributed by atoms with van der Waals surface area (Å²) in [4.78, 5) is 38.7. The van der Waals surface area contributed by atoms with Crippen LogP contribution in [0.2, 0.25) is 5.02 Å². The molecule has 180 valence electrons. The van der Waals surface area contributed by atoms with Crippen LogP contribution in [-0.2, 0) is 10.3 Å². The predicted molar refractivity (Wildman–Crippen MR) is 137 cm³/mol. The summed E-state index contributed by atoms with van der Waals surface area (Å²) >= 11 is 5.94. The Morgan fingerprint density at radius 1 is 1.11 bits per heavy atom. The molecule has 1 aliphatic heterocycles. The van der Waals surface area contributed by atoms with Gasteiger partial charge in [-0.1, -0.05) is 49.1 Å². The molecule has 35 heavy (non-hydrogen) atoms. The number of furan rings is 1. The fourth-order valence-corrected chi connectivity index (χ4v) is 5.09. The van der Waals surface area contributed by atoms with Crippen LogP contribution >= 0.6 is 11.6 Å². The molecule has 0 bridgehead atoms. The number of halogens is 1. The number of Topliss-reactive ketones (excluding diaryl/α,β-unsaturated/α-hetero) is 1. The molecule has 1 amide bonds. The third kappa shape index (κ3) is 4.25. The molecule has 0 saturated heterocycles. The molecule has 1 unspecified atom stereocenters. The Morgan fingerprint density at radius 3 is 2.57 bits per heavy atom. The summed E-state index contributed by atoms with van der Waals surface area (Å²) in [7, 11) is 3.82. The molecule has 5 rings (SSSR count). The molecule has 1 N–H and O–H groups in total. The standard InChI is InChI=1S/C27H27ClN4O3/c1-32(2)19-14-27(30-16-19,25(33)17-8-4-3-5-9-17)23-20-10-6-7-11-21(20)35-24(23)26(34)31-22-13-12-18(28)15-29-22/h6-7,10-17H,3-5,8-9H2,1-2H3,(H,29,31,34). The number of amides is 1. The number of benzene rings is 1. The molecule has 2 aromatic heterocycles. The highest BCUT2D eigenvalue weighted by Gasteiger charge is 2.48. The van der Waals surface area contributed by atoms with Gasteiger partial charge in [-0.3, -0.25) is 14.6 Å². The van der Waals surface area contributed by atoms with Crippen LogP contribution < -0.4 is 5.32 Å². The van der Waals surface area contributed by atoms with E-state index in [1.54, 1.807) is 24.4 Å². The van der Waals surface area contributed by atoms with E-state index in [1.807, 2.05) is 43.3 Å². The van der Waals surface area contributed by atoms with Crippen LogP contribution in [0.15, 0.2) is 63.8 Å². The molecule has 7 nitrogen and oxygen atoms in total. The molecule has 1 aliphatic carbocycles. The van der Waals surface area contributed by atoms with Gasteiger partial charge in [0, 0.05) is 37.8 Å². The predicted octanol–water partition coefficient (Wildman–Crippen LogP) is 5.61. The number of carbonyl (C=O) groups excluding carboxylic acids is 2. The number of aliphatic imine (C=N–C) groups is 1. The minimum Gasteiger partial charge on any atom is -0.450 e. The van der Waals surface area contributed by atoms with E-state index >= 15 is 0 Å². The van der Waals surface area contributed by atoms with E-state index in [2.05, 4.69) is 10.3 Å². The number of fused-ring (bicyclic) bond motifs is 1. The summed E-state index contributed by atoms with van der Waals surface area (Å²) in [6.07, 6.45) is 9.86. The number of nitrogens with one attached hydrogen (secondary N) is 1. The van der Waals surface area contributed by atoms with Crippen LogP contribution in [0.25, 0.3) is 11.0 Å². The van der Waals surface area contributed by atoms with Crippen molar-refractivity contribution in [1.29, 1.82) is 0 Å². The van der Waals surface area contributed by atoms with E-state index in [9.17, 15) is 9.59 Å². The second-order valence-corrected chi connectivity index (χ2v) is 9.74. The van der Waals surface area contributed by atoms with E-state index in [4.69, 9.17) is 21.0 Å². The van der Waals surface area contributed by atoms with Gasteiger partial charge in [0.15, 0.2) is 17.1 Å². The molecule has 1 atom stereocenters. The number of hydrogen-bond donors (Lipinski definition) is 1. The van der Waals surface area contributed by atoms with Crippen molar-refractivity contribution < 1.29 is 14.0 Å². The smallest absolute Gasteiger partial charge is 0.292 e. The minimum absolute atomic E-state index is 0.00974. The van der Waals surface area contributed by atoms with E-state index in [0.717, 1.165) is 37.8 Å². The Kier molecular flexibility index (Phi) is 6.19. The van der Waals surface area contributed by atoms with Crippen molar-refractivity contribution in [1.82, 2.24) is 9.88 Å². The van der Waals surface area contributed by atoms with E-state index < -0.39 is 11.4 Å². The molecule has 0 spiro atoms. The second kappa shape index (κ2) is 9.30. The van der Waals surface area contributed by atoms with E-state index in [1.165, 1.54) is 6.20 Å². The van der Waals surface area contributed by atoms with Gasteiger partial charge in [0.1, 0.15) is 11.4 Å². The zero-order valence-electron chi connectivity index (χ0n) is 19.8. The molecular formula is C27H27ClN4O3. The number of allylic oxidation sites excluding steroid dienone is 1. The van der Waals surface area contributed by atoms with Gasteiger partial charge in [0.2, 0.25) is 0 Å². The van der Waals surface area contributed by atoms with E-state index in [-0.39, 0.29) is 17.5 Å². The molecule has 0 radical (unpaired) electrons. The van der Waals surface area contributed by atoms with Gasteiger partial charge in [-0.2, -0.15) is 0 Å². The van der Waals surface area contributed by atoms with Gasteiger partial charge < -0.3 is 14.6 Å². The van der Waals surface area contributed by atoms with Gasteiger partial charge in [0.05, 0.1) is 16.3 Å². The average molecular weight is 491 g/mol. The number of nitrogens with zero attached hydrogens (tertiary/aromatic N) is 3. The summed E-state index contributed by atoms with van der Waals surface area (Å²) < 4.78 is 6.09. The van der Waals surface area contributed by atoms with Crippen molar-refractivity contribution in [2.24, 2.45) is 10.9 Å². The Morgan fingerprint density at radius 2 is 1.89 bits per heavy atom. The summed E-state index contributed by atoms with van der Waals surface area (Å²) in [5.41, 5.74) is 0.469. The SMILES string of the molecule is CN(C)C1=CC(C(=O)C2CCCCC2)(c2c(C(=O)Nc3ccc(Cl)cn3)oc3ccccc23)N=C1. The minimum atomic E-state index is -1.34. The number of carbonyl (C=O) groups is 2. The topological polar surface area (TPSA) is 87.8 Å². The Hall–Kier alpha value is -3.45.